The number of amides is 1. The minimum Gasteiger partial charge on any atom is -0.496 e. The fourth-order valence-corrected chi connectivity index (χ4v) is 3.48. The minimum atomic E-state index is -0.278. The monoisotopic (exact) mass is 363 g/mol. The maximum Gasteiger partial charge on any atom is 0.257 e. The van der Waals surface area contributed by atoms with Crippen LogP contribution in [0.25, 0.3) is 0 Å². The van der Waals surface area contributed by atoms with Crippen LogP contribution in [0.1, 0.15) is 34.5 Å². The average Bonchev–Trinajstić information content (AvgIpc) is 2.74. The summed E-state index contributed by atoms with van der Waals surface area (Å²) >= 11 is 0. The molecule has 1 amide bonds. The zero-order valence-corrected chi connectivity index (χ0v) is 15.9. The summed E-state index contributed by atoms with van der Waals surface area (Å²) in [7, 11) is 1.57. The first kappa shape index (κ1) is 18.9. The lowest BCUT2D eigenvalue weighted by atomic mass is 10.0. The highest BCUT2D eigenvalue weighted by Crippen LogP contribution is 2.24. The molecule has 5 heteroatoms. The van der Waals surface area contributed by atoms with Crippen LogP contribution in [0, 0.1) is 11.3 Å². The van der Waals surface area contributed by atoms with Crippen LogP contribution in [0.3, 0.4) is 0 Å². The molecule has 2 aromatic rings. The largest absolute Gasteiger partial charge is 0.496 e. The topological polar surface area (TPSA) is 56.6 Å². The van der Waals surface area contributed by atoms with Crippen LogP contribution >= 0.6 is 0 Å². The zero-order valence-electron chi connectivity index (χ0n) is 15.9. The molecule has 2 aromatic carbocycles. The van der Waals surface area contributed by atoms with Crippen molar-refractivity contribution in [1.82, 2.24) is 9.80 Å². The van der Waals surface area contributed by atoms with E-state index in [1.54, 1.807) is 19.2 Å². The van der Waals surface area contributed by atoms with E-state index in [1.165, 1.54) is 5.56 Å². The third-order valence-electron chi connectivity index (χ3n) is 5.13. The number of para-hydroxylation sites is 1. The molecule has 1 heterocycles. The Morgan fingerprint density at radius 2 is 1.78 bits per heavy atom. The molecule has 1 atom stereocenters. The van der Waals surface area contributed by atoms with E-state index < -0.39 is 0 Å². The van der Waals surface area contributed by atoms with Gasteiger partial charge in [0.25, 0.3) is 5.91 Å². The summed E-state index contributed by atoms with van der Waals surface area (Å²) in [6.07, 6.45) is 0.987. The average molecular weight is 363 g/mol. The van der Waals surface area contributed by atoms with E-state index in [4.69, 9.17) is 4.74 Å². The van der Waals surface area contributed by atoms with E-state index in [1.807, 2.05) is 29.2 Å². The van der Waals surface area contributed by atoms with Crippen molar-refractivity contribution >= 4 is 5.91 Å². The van der Waals surface area contributed by atoms with Gasteiger partial charge in [-0.3, -0.25) is 9.69 Å². The molecule has 1 aliphatic heterocycles. The first-order valence-corrected chi connectivity index (χ1v) is 9.32. The molecule has 0 saturated carbocycles. The first-order chi connectivity index (χ1) is 13.2. The number of aryl methyl sites for hydroxylation is 1. The maximum absolute atomic E-state index is 12.8. The number of hydrogen-bond donors (Lipinski definition) is 0. The Morgan fingerprint density at radius 1 is 1.11 bits per heavy atom. The smallest absolute Gasteiger partial charge is 0.257 e. The molecule has 140 valence electrons. The summed E-state index contributed by atoms with van der Waals surface area (Å²) in [5.41, 5.74) is 2.86. The lowest BCUT2D eigenvalue weighted by molar-refractivity contribution is 0.0603. The zero-order chi connectivity index (χ0) is 19.2. The Hall–Kier alpha value is -2.84. The van der Waals surface area contributed by atoms with Gasteiger partial charge in [-0.15, -0.1) is 0 Å². The second-order valence-electron chi connectivity index (χ2n) is 6.66. The van der Waals surface area contributed by atoms with Crippen molar-refractivity contribution in [2.75, 3.05) is 33.3 Å². The number of hydrogen-bond acceptors (Lipinski definition) is 4. The van der Waals surface area contributed by atoms with Crippen molar-refractivity contribution < 1.29 is 9.53 Å². The van der Waals surface area contributed by atoms with Crippen LogP contribution in [-0.2, 0) is 6.42 Å². The number of nitriles is 1. The molecule has 1 unspecified atom stereocenters. The Bertz CT molecular complexity index is 818. The molecule has 0 N–H and O–H groups in total. The number of carbonyl (C=O) groups is 1. The van der Waals surface area contributed by atoms with Crippen molar-refractivity contribution in [1.29, 1.82) is 5.26 Å². The third kappa shape index (κ3) is 4.12. The van der Waals surface area contributed by atoms with Crippen LogP contribution in [-0.4, -0.2) is 49.0 Å². The van der Waals surface area contributed by atoms with Gasteiger partial charge in [-0.25, -0.2) is 0 Å². The van der Waals surface area contributed by atoms with Gasteiger partial charge in [0.2, 0.25) is 0 Å². The number of piperazine rings is 1. The second kappa shape index (κ2) is 8.70. The van der Waals surface area contributed by atoms with Gasteiger partial charge in [-0.2, -0.15) is 5.26 Å². The summed E-state index contributed by atoms with van der Waals surface area (Å²) in [5, 5.41) is 9.69. The van der Waals surface area contributed by atoms with Crippen molar-refractivity contribution in [3.05, 3.63) is 65.2 Å². The van der Waals surface area contributed by atoms with Crippen molar-refractivity contribution in [3.63, 3.8) is 0 Å². The van der Waals surface area contributed by atoms with Crippen LogP contribution in [0.4, 0.5) is 0 Å². The Balaban J connectivity index is 1.66. The normalized spacial score (nSPS) is 15.8. The number of ether oxygens (including phenoxy) is 1. The van der Waals surface area contributed by atoms with Gasteiger partial charge in [0.15, 0.2) is 0 Å². The summed E-state index contributed by atoms with van der Waals surface area (Å²) in [6, 6.07) is 17.7. The van der Waals surface area contributed by atoms with Crippen molar-refractivity contribution in [2.24, 2.45) is 0 Å². The molecule has 1 fully saturated rings. The summed E-state index contributed by atoms with van der Waals surface area (Å²) < 4.78 is 5.31. The van der Waals surface area contributed by atoms with E-state index >= 15 is 0 Å². The lowest BCUT2D eigenvalue weighted by Gasteiger charge is -2.37. The van der Waals surface area contributed by atoms with E-state index in [9.17, 15) is 10.1 Å². The fraction of sp³-hybridized carbons (Fsp3) is 0.364. The highest BCUT2D eigenvalue weighted by molar-refractivity contribution is 5.97. The van der Waals surface area contributed by atoms with Gasteiger partial charge in [-0.05, 0) is 29.7 Å². The number of benzene rings is 2. The molecule has 3 rings (SSSR count). The van der Waals surface area contributed by atoms with Crippen LogP contribution in [0.5, 0.6) is 5.75 Å². The van der Waals surface area contributed by atoms with E-state index in [0.29, 0.717) is 37.5 Å². The highest BCUT2D eigenvalue weighted by atomic mass is 16.5. The van der Waals surface area contributed by atoms with Crippen molar-refractivity contribution in [3.8, 4) is 11.8 Å². The summed E-state index contributed by atoms with van der Waals surface area (Å²) in [5.74, 6) is 0.573. The molecule has 0 aliphatic carbocycles. The molecule has 0 radical (unpaired) electrons. The minimum absolute atomic E-state index is 0.0205. The maximum atomic E-state index is 12.8. The molecule has 0 aromatic heterocycles. The van der Waals surface area contributed by atoms with E-state index in [-0.39, 0.29) is 11.9 Å². The molecule has 0 bridgehead atoms. The molecule has 5 nitrogen and oxygen atoms in total. The second-order valence-corrected chi connectivity index (χ2v) is 6.66. The predicted octanol–water partition coefficient (Wildman–Crippen LogP) is 3.28. The molecular weight excluding hydrogens is 338 g/mol. The van der Waals surface area contributed by atoms with Gasteiger partial charge >= 0.3 is 0 Å². The van der Waals surface area contributed by atoms with Gasteiger partial charge in [-0.1, -0.05) is 43.3 Å². The Kier molecular flexibility index (Phi) is 6.10. The van der Waals surface area contributed by atoms with Crippen LogP contribution in [0.15, 0.2) is 48.5 Å². The Labute approximate surface area is 160 Å². The van der Waals surface area contributed by atoms with E-state index in [0.717, 1.165) is 12.0 Å². The quantitative estimate of drug-likeness (QED) is 0.818. The van der Waals surface area contributed by atoms with Gasteiger partial charge in [0, 0.05) is 26.2 Å². The third-order valence-corrected chi connectivity index (χ3v) is 5.13. The molecule has 1 saturated heterocycles. The molecule has 1 aliphatic rings. The number of rotatable bonds is 5. The Morgan fingerprint density at radius 3 is 2.37 bits per heavy atom. The SMILES string of the molecule is CCc1ccc(C(C#N)N2CCN(C(=O)c3ccccc3OC)CC2)cc1. The van der Waals surface area contributed by atoms with Gasteiger partial charge in [0.1, 0.15) is 11.8 Å². The van der Waals surface area contributed by atoms with Crippen molar-refractivity contribution in [2.45, 2.75) is 19.4 Å². The molecule has 27 heavy (non-hydrogen) atoms. The fourth-order valence-electron chi connectivity index (χ4n) is 3.48. The number of methoxy groups -OCH3 is 1. The predicted molar refractivity (Wildman–Crippen MR) is 105 cm³/mol. The number of nitrogens with zero attached hydrogens (tertiary/aromatic N) is 3. The van der Waals surface area contributed by atoms with Gasteiger partial charge in [0.05, 0.1) is 18.7 Å². The summed E-state index contributed by atoms with van der Waals surface area (Å²) in [4.78, 5) is 16.8. The lowest BCUT2D eigenvalue weighted by Crippen LogP contribution is -2.49. The first-order valence-electron chi connectivity index (χ1n) is 9.32. The van der Waals surface area contributed by atoms with Crippen LogP contribution < -0.4 is 4.74 Å². The van der Waals surface area contributed by atoms with E-state index in [2.05, 4.69) is 30.0 Å². The number of carbonyl (C=O) groups excluding carboxylic acids is 1. The van der Waals surface area contributed by atoms with Crippen LogP contribution in [0.2, 0.25) is 0 Å². The molecular formula is C22H25N3O2. The summed E-state index contributed by atoms with van der Waals surface area (Å²) in [6.45, 7) is 4.67. The van der Waals surface area contributed by atoms with Gasteiger partial charge < -0.3 is 9.64 Å². The highest BCUT2D eigenvalue weighted by Gasteiger charge is 2.28. The standard InChI is InChI=1S/C22H25N3O2/c1-3-17-8-10-18(11-9-17)20(16-23)24-12-14-25(15-13-24)22(26)19-6-4-5-7-21(19)27-2/h4-11,20H,3,12-15H2,1-2H3. The molecule has 0 spiro atoms.